The molecule has 4 aromatic rings. The van der Waals surface area contributed by atoms with Crippen molar-refractivity contribution in [1.82, 2.24) is 10.2 Å². The van der Waals surface area contributed by atoms with Crippen LogP contribution in [-0.4, -0.2) is 16.1 Å². The van der Waals surface area contributed by atoms with E-state index in [0.29, 0.717) is 4.88 Å². The Kier molecular flexibility index (Phi) is 4.69. The molecule has 4 nitrogen and oxygen atoms in total. The number of halogens is 1. The molecule has 4 rings (SSSR count). The summed E-state index contributed by atoms with van der Waals surface area (Å²) in [6.45, 7) is 0. The maximum Gasteiger partial charge on any atom is 0.265 e. The SMILES string of the molecule is O=C(Nc1ccccc1/C=C/c1n[nH]c2ccccc12)c1ccc(Br)s1. The predicted octanol–water partition coefficient (Wildman–Crippen LogP) is 5.81. The number of aromatic nitrogens is 2. The first-order valence-corrected chi connectivity index (χ1v) is 9.58. The van der Waals surface area contributed by atoms with Crippen molar-refractivity contribution in [2.75, 3.05) is 5.32 Å². The van der Waals surface area contributed by atoms with Gasteiger partial charge in [0.1, 0.15) is 0 Å². The van der Waals surface area contributed by atoms with E-state index >= 15 is 0 Å². The minimum atomic E-state index is -0.119. The number of H-pyrrole nitrogens is 1. The maximum atomic E-state index is 12.4. The van der Waals surface area contributed by atoms with Crippen molar-refractivity contribution in [3.8, 4) is 0 Å². The summed E-state index contributed by atoms with van der Waals surface area (Å²) in [5.41, 5.74) is 3.54. The zero-order valence-corrected chi connectivity index (χ0v) is 16.0. The maximum absolute atomic E-state index is 12.4. The number of hydrogen-bond acceptors (Lipinski definition) is 3. The van der Waals surface area contributed by atoms with Crippen molar-refractivity contribution in [3.05, 3.63) is 80.6 Å². The fourth-order valence-electron chi connectivity index (χ4n) is 2.66. The van der Waals surface area contributed by atoms with Crippen LogP contribution in [0, 0.1) is 0 Å². The smallest absolute Gasteiger partial charge is 0.265 e. The molecule has 0 saturated heterocycles. The highest BCUT2D eigenvalue weighted by molar-refractivity contribution is 9.11. The third-order valence-corrected chi connectivity index (χ3v) is 5.55. The van der Waals surface area contributed by atoms with Crippen molar-refractivity contribution < 1.29 is 4.79 Å². The van der Waals surface area contributed by atoms with Gasteiger partial charge in [0.25, 0.3) is 5.91 Å². The lowest BCUT2D eigenvalue weighted by molar-refractivity contribution is 0.103. The summed E-state index contributed by atoms with van der Waals surface area (Å²) in [6, 6.07) is 19.4. The molecule has 2 aromatic carbocycles. The molecule has 2 heterocycles. The van der Waals surface area contributed by atoms with E-state index in [4.69, 9.17) is 0 Å². The largest absolute Gasteiger partial charge is 0.321 e. The second-order valence-electron chi connectivity index (χ2n) is 5.63. The van der Waals surface area contributed by atoms with Gasteiger partial charge in [-0.25, -0.2) is 0 Å². The fraction of sp³-hybridized carbons (Fsp3) is 0. The first kappa shape index (κ1) is 16.8. The zero-order valence-electron chi connectivity index (χ0n) is 13.6. The van der Waals surface area contributed by atoms with Gasteiger partial charge >= 0.3 is 0 Å². The molecule has 0 aliphatic rings. The standard InChI is InChI=1S/C20H14BrN3OS/c21-19-12-11-18(26-19)20(25)22-15-7-3-1-5-13(15)9-10-17-14-6-2-4-8-16(14)23-24-17/h1-12H,(H,22,25)(H,23,24)/b10-9+. The van der Waals surface area contributed by atoms with E-state index in [1.165, 1.54) is 11.3 Å². The number of fused-ring (bicyclic) bond motifs is 1. The number of hydrogen-bond donors (Lipinski definition) is 2. The molecular weight excluding hydrogens is 410 g/mol. The van der Waals surface area contributed by atoms with E-state index in [1.54, 1.807) is 6.07 Å². The number of nitrogens with zero attached hydrogens (tertiary/aromatic N) is 1. The Morgan fingerprint density at radius 2 is 1.85 bits per heavy atom. The van der Waals surface area contributed by atoms with Crippen LogP contribution >= 0.6 is 27.3 Å². The van der Waals surface area contributed by atoms with Crippen LogP contribution in [0.4, 0.5) is 5.69 Å². The summed E-state index contributed by atoms with van der Waals surface area (Å²) >= 11 is 4.79. The monoisotopic (exact) mass is 423 g/mol. The lowest BCUT2D eigenvalue weighted by Gasteiger charge is -2.07. The Labute approximate surface area is 162 Å². The molecule has 26 heavy (non-hydrogen) atoms. The van der Waals surface area contributed by atoms with E-state index in [9.17, 15) is 4.79 Å². The minimum absolute atomic E-state index is 0.119. The predicted molar refractivity (Wildman–Crippen MR) is 111 cm³/mol. The van der Waals surface area contributed by atoms with Crippen LogP contribution in [0.25, 0.3) is 23.1 Å². The van der Waals surface area contributed by atoms with Gasteiger partial charge in [0.15, 0.2) is 0 Å². The highest BCUT2D eigenvalue weighted by Gasteiger charge is 2.10. The summed E-state index contributed by atoms with van der Waals surface area (Å²) in [6.07, 6.45) is 3.91. The topological polar surface area (TPSA) is 57.8 Å². The Balaban J connectivity index is 1.60. The molecule has 0 radical (unpaired) electrons. The highest BCUT2D eigenvalue weighted by Crippen LogP contribution is 2.25. The van der Waals surface area contributed by atoms with Crippen LogP contribution in [0.2, 0.25) is 0 Å². The number of amides is 1. The molecule has 6 heteroatoms. The van der Waals surface area contributed by atoms with E-state index < -0.39 is 0 Å². The van der Waals surface area contributed by atoms with Crippen LogP contribution in [0.3, 0.4) is 0 Å². The Morgan fingerprint density at radius 1 is 1.04 bits per heavy atom. The third kappa shape index (κ3) is 3.47. The molecule has 0 aliphatic carbocycles. The first-order valence-electron chi connectivity index (χ1n) is 7.97. The van der Waals surface area contributed by atoms with Crippen LogP contribution in [-0.2, 0) is 0 Å². The van der Waals surface area contributed by atoms with Gasteiger partial charge < -0.3 is 5.32 Å². The summed E-state index contributed by atoms with van der Waals surface area (Å²) in [5, 5.41) is 11.4. The molecule has 0 fully saturated rings. The number of carbonyl (C=O) groups excluding carboxylic acids is 1. The van der Waals surface area contributed by atoms with Crippen LogP contribution in [0.15, 0.2) is 64.5 Å². The van der Waals surface area contributed by atoms with Gasteiger partial charge in [0, 0.05) is 11.1 Å². The van der Waals surface area contributed by atoms with Crippen molar-refractivity contribution in [2.24, 2.45) is 0 Å². The molecule has 128 valence electrons. The van der Waals surface area contributed by atoms with Crippen molar-refractivity contribution in [2.45, 2.75) is 0 Å². The average molecular weight is 424 g/mol. The third-order valence-electron chi connectivity index (χ3n) is 3.93. The summed E-state index contributed by atoms with van der Waals surface area (Å²) < 4.78 is 0.932. The summed E-state index contributed by atoms with van der Waals surface area (Å²) in [7, 11) is 0. The van der Waals surface area contributed by atoms with Gasteiger partial charge in [0.2, 0.25) is 0 Å². The number of carbonyl (C=O) groups is 1. The van der Waals surface area contributed by atoms with E-state index in [1.807, 2.05) is 66.7 Å². The van der Waals surface area contributed by atoms with Crippen molar-refractivity contribution in [3.63, 3.8) is 0 Å². The van der Waals surface area contributed by atoms with Crippen LogP contribution < -0.4 is 5.32 Å². The molecule has 0 atom stereocenters. The average Bonchev–Trinajstić information content (AvgIpc) is 3.27. The van der Waals surface area contributed by atoms with Gasteiger partial charge in [-0.3, -0.25) is 9.89 Å². The molecule has 0 spiro atoms. The molecule has 1 amide bonds. The highest BCUT2D eigenvalue weighted by atomic mass is 79.9. The van der Waals surface area contributed by atoms with E-state index in [0.717, 1.165) is 31.6 Å². The van der Waals surface area contributed by atoms with E-state index in [-0.39, 0.29) is 5.91 Å². The van der Waals surface area contributed by atoms with Crippen LogP contribution in [0.5, 0.6) is 0 Å². The van der Waals surface area contributed by atoms with Gasteiger partial charge in [-0.2, -0.15) is 5.10 Å². The van der Waals surface area contributed by atoms with E-state index in [2.05, 4.69) is 31.4 Å². The van der Waals surface area contributed by atoms with Gasteiger partial charge in [-0.1, -0.05) is 42.5 Å². The lowest BCUT2D eigenvalue weighted by Crippen LogP contribution is -2.10. The number of benzene rings is 2. The summed E-state index contributed by atoms with van der Waals surface area (Å²) in [4.78, 5) is 13.1. The van der Waals surface area contributed by atoms with Crippen molar-refractivity contribution in [1.29, 1.82) is 0 Å². The van der Waals surface area contributed by atoms with Crippen LogP contribution in [0.1, 0.15) is 20.9 Å². The first-order chi connectivity index (χ1) is 12.7. The Morgan fingerprint density at radius 3 is 2.69 bits per heavy atom. The zero-order chi connectivity index (χ0) is 17.9. The molecule has 2 aromatic heterocycles. The number of anilines is 1. The molecule has 2 N–H and O–H groups in total. The minimum Gasteiger partial charge on any atom is -0.321 e. The number of para-hydroxylation sites is 2. The molecule has 0 bridgehead atoms. The Bertz CT molecular complexity index is 1110. The second-order valence-corrected chi connectivity index (χ2v) is 8.10. The molecule has 0 aliphatic heterocycles. The fourth-order valence-corrected chi connectivity index (χ4v) is 3.94. The van der Waals surface area contributed by atoms with Crippen molar-refractivity contribution >= 4 is 61.9 Å². The summed E-state index contributed by atoms with van der Waals surface area (Å²) in [5.74, 6) is -0.119. The number of aromatic amines is 1. The lowest BCUT2D eigenvalue weighted by atomic mass is 10.1. The number of thiophene rings is 1. The quantitative estimate of drug-likeness (QED) is 0.434. The van der Waals surface area contributed by atoms with Gasteiger partial charge in [-0.05, 0) is 51.8 Å². The molecular formula is C20H14BrN3OS. The van der Waals surface area contributed by atoms with Gasteiger partial charge in [-0.15, -0.1) is 11.3 Å². The Hall–Kier alpha value is -2.70. The molecule has 0 unspecified atom stereocenters. The number of rotatable bonds is 4. The normalized spacial score (nSPS) is 11.3. The number of nitrogens with one attached hydrogen (secondary N) is 2. The van der Waals surface area contributed by atoms with Gasteiger partial charge in [0.05, 0.1) is 19.9 Å². The second kappa shape index (κ2) is 7.27. The molecule has 0 saturated carbocycles.